The Morgan fingerprint density at radius 3 is 3.14 bits per heavy atom. The van der Waals surface area contributed by atoms with Gasteiger partial charge < -0.3 is 14.8 Å². The molecule has 6 heteroatoms. The van der Waals surface area contributed by atoms with Crippen molar-refractivity contribution in [3.63, 3.8) is 0 Å². The van der Waals surface area contributed by atoms with E-state index >= 15 is 0 Å². The zero-order valence-corrected chi connectivity index (χ0v) is 13.0. The number of anilines is 1. The van der Waals surface area contributed by atoms with E-state index in [2.05, 4.69) is 19.9 Å². The molecule has 22 heavy (non-hydrogen) atoms. The SMILES string of the molecule is Cc1cc(NC(=O)N(C)C[C@H]2CCc3nccn3C2)ccn1. The fourth-order valence-electron chi connectivity index (χ4n) is 2.90. The predicted octanol–water partition coefficient (Wildman–Crippen LogP) is 2.31. The maximum atomic E-state index is 12.3. The minimum atomic E-state index is -0.0815. The van der Waals surface area contributed by atoms with Crippen molar-refractivity contribution >= 4 is 11.7 Å². The van der Waals surface area contributed by atoms with Gasteiger partial charge in [0.25, 0.3) is 0 Å². The lowest BCUT2D eigenvalue weighted by Crippen LogP contribution is -2.37. The van der Waals surface area contributed by atoms with E-state index in [0.717, 1.165) is 43.1 Å². The van der Waals surface area contributed by atoms with E-state index in [0.29, 0.717) is 5.92 Å². The number of pyridine rings is 1. The third-order valence-electron chi connectivity index (χ3n) is 4.06. The number of urea groups is 1. The molecule has 3 rings (SSSR count). The van der Waals surface area contributed by atoms with E-state index in [1.165, 1.54) is 0 Å². The maximum absolute atomic E-state index is 12.3. The molecule has 0 fully saturated rings. The highest BCUT2D eigenvalue weighted by Crippen LogP contribution is 2.19. The van der Waals surface area contributed by atoms with Crippen molar-refractivity contribution in [1.82, 2.24) is 19.4 Å². The maximum Gasteiger partial charge on any atom is 0.321 e. The summed E-state index contributed by atoms with van der Waals surface area (Å²) in [6, 6.07) is 3.59. The van der Waals surface area contributed by atoms with Crippen molar-refractivity contribution in [1.29, 1.82) is 0 Å². The van der Waals surface area contributed by atoms with Crippen LogP contribution >= 0.6 is 0 Å². The average molecular weight is 299 g/mol. The summed E-state index contributed by atoms with van der Waals surface area (Å²) in [6.45, 7) is 3.58. The number of fused-ring (bicyclic) bond motifs is 1. The van der Waals surface area contributed by atoms with Crippen LogP contribution in [0.2, 0.25) is 0 Å². The first-order valence-electron chi connectivity index (χ1n) is 7.56. The summed E-state index contributed by atoms with van der Waals surface area (Å²) in [4.78, 5) is 22.5. The van der Waals surface area contributed by atoms with Gasteiger partial charge in [0.2, 0.25) is 0 Å². The van der Waals surface area contributed by atoms with Crippen LogP contribution in [0.1, 0.15) is 17.9 Å². The highest BCUT2D eigenvalue weighted by molar-refractivity contribution is 5.89. The molecule has 1 atom stereocenters. The van der Waals surface area contributed by atoms with Crippen molar-refractivity contribution in [3.8, 4) is 0 Å². The number of imidazole rings is 1. The zero-order chi connectivity index (χ0) is 15.5. The number of nitrogens with one attached hydrogen (secondary N) is 1. The number of aryl methyl sites for hydroxylation is 2. The van der Waals surface area contributed by atoms with Crippen LogP contribution in [0.3, 0.4) is 0 Å². The Morgan fingerprint density at radius 1 is 1.45 bits per heavy atom. The first-order chi connectivity index (χ1) is 10.6. The Morgan fingerprint density at radius 2 is 2.32 bits per heavy atom. The van der Waals surface area contributed by atoms with E-state index in [1.54, 1.807) is 17.2 Å². The van der Waals surface area contributed by atoms with Crippen LogP contribution in [0.4, 0.5) is 10.5 Å². The Labute approximate surface area is 130 Å². The second-order valence-corrected chi connectivity index (χ2v) is 5.90. The number of carbonyl (C=O) groups excluding carboxylic acids is 1. The van der Waals surface area contributed by atoms with Crippen molar-refractivity contribution in [2.75, 3.05) is 18.9 Å². The molecule has 0 aliphatic carbocycles. The van der Waals surface area contributed by atoms with E-state index in [4.69, 9.17) is 0 Å². The Kier molecular flexibility index (Phi) is 4.09. The summed E-state index contributed by atoms with van der Waals surface area (Å²) < 4.78 is 2.19. The van der Waals surface area contributed by atoms with E-state index < -0.39 is 0 Å². The fourth-order valence-corrected chi connectivity index (χ4v) is 2.90. The smallest absolute Gasteiger partial charge is 0.321 e. The van der Waals surface area contributed by atoms with Gasteiger partial charge in [-0.15, -0.1) is 0 Å². The van der Waals surface area contributed by atoms with E-state index in [9.17, 15) is 4.79 Å². The number of aromatic nitrogens is 3. The van der Waals surface area contributed by atoms with Crippen molar-refractivity contribution < 1.29 is 4.79 Å². The molecule has 1 aliphatic rings. The zero-order valence-electron chi connectivity index (χ0n) is 13.0. The van der Waals surface area contributed by atoms with Crippen LogP contribution in [0.25, 0.3) is 0 Å². The quantitative estimate of drug-likeness (QED) is 0.946. The lowest BCUT2D eigenvalue weighted by molar-refractivity contribution is 0.205. The number of hydrogen-bond acceptors (Lipinski definition) is 3. The van der Waals surface area contributed by atoms with Gasteiger partial charge in [0.1, 0.15) is 5.82 Å². The minimum Gasteiger partial charge on any atom is -0.335 e. The fraction of sp³-hybridized carbons (Fsp3) is 0.438. The molecule has 0 aromatic carbocycles. The predicted molar refractivity (Wildman–Crippen MR) is 84.7 cm³/mol. The third kappa shape index (κ3) is 3.27. The van der Waals surface area contributed by atoms with Crippen molar-refractivity contribution in [3.05, 3.63) is 42.2 Å². The van der Waals surface area contributed by atoms with Gasteiger partial charge in [-0.2, -0.15) is 0 Å². The van der Waals surface area contributed by atoms with E-state index in [-0.39, 0.29) is 6.03 Å². The van der Waals surface area contributed by atoms with Gasteiger partial charge in [-0.1, -0.05) is 0 Å². The molecule has 1 aliphatic heterocycles. The average Bonchev–Trinajstić information content (AvgIpc) is 2.94. The molecular weight excluding hydrogens is 278 g/mol. The van der Waals surface area contributed by atoms with Gasteiger partial charge in [0.15, 0.2) is 0 Å². The first kappa shape index (κ1) is 14.6. The molecule has 0 bridgehead atoms. The Balaban J connectivity index is 1.55. The van der Waals surface area contributed by atoms with E-state index in [1.807, 2.05) is 32.4 Å². The highest BCUT2D eigenvalue weighted by atomic mass is 16.2. The Bertz CT molecular complexity index is 666. The number of nitrogens with zero attached hydrogens (tertiary/aromatic N) is 4. The number of rotatable bonds is 3. The molecule has 0 unspecified atom stereocenters. The molecule has 116 valence electrons. The summed E-state index contributed by atoms with van der Waals surface area (Å²) in [5, 5.41) is 2.91. The molecule has 0 spiro atoms. The second kappa shape index (κ2) is 6.17. The van der Waals surface area contributed by atoms with Gasteiger partial charge >= 0.3 is 6.03 Å². The largest absolute Gasteiger partial charge is 0.335 e. The molecular formula is C16H21N5O. The van der Waals surface area contributed by atoms with Crippen LogP contribution in [-0.4, -0.2) is 39.1 Å². The van der Waals surface area contributed by atoms with Crippen LogP contribution in [-0.2, 0) is 13.0 Å². The van der Waals surface area contributed by atoms with Crippen LogP contribution in [0, 0.1) is 12.8 Å². The highest BCUT2D eigenvalue weighted by Gasteiger charge is 2.21. The molecule has 3 heterocycles. The van der Waals surface area contributed by atoms with Gasteiger partial charge in [0.05, 0.1) is 0 Å². The lowest BCUT2D eigenvalue weighted by Gasteiger charge is -2.28. The molecule has 6 nitrogen and oxygen atoms in total. The van der Waals surface area contributed by atoms with Crippen LogP contribution < -0.4 is 5.32 Å². The van der Waals surface area contributed by atoms with Gasteiger partial charge in [-0.05, 0) is 31.4 Å². The molecule has 0 saturated carbocycles. The summed E-state index contributed by atoms with van der Waals surface area (Å²) in [5.41, 5.74) is 1.67. The first-order valence-corrected chi connectivity index (χ1v) is 7.56. The Hall–Kier alpha value is -2.37. The van der Waals surface area contributed by atoms with Crippen LogP contribution in [0.15, 0.2) is 30.7 Å². The number of carbonyl (C=O) groups is 1. The normalized spacial score (nSPS) is 16.9. The third-order valence-corrected chi connectivity index (χ3v) is 4.06. The summed E-state index contributed by atoms with van der Waals surface area (Å²) in [7, 11) is 1.84. The van der Waals surface area contributed by atoms with Gasteiger partial charge in [-0.3, -0.25) is 4.98 Å². The molecule has 0 radical (unpaired) electrons. The topological polar surface area (TPSA) is 63.1 Å². The summed E-state index contributed by atoms with van der Waals surface area (Å²) in [5.74, 6) is 1.62. The van der Waals surface area contributed by atoms with Crippen LogP contribution in [0.5, 0.6) is 0 Å². The monoisotopic (exact) mass is 299 g/mol. The minimum absolute atomic E-state index is 0.0815. The second-order valence-electron chi connectivity index (χ2n) is 5.90. The van der Waals surface area contributed by atoms with Gasteiger partial charge in [-0.25, -0.2) is 9.78 Å². The molecule has 1 N–H and O–H groups in total. The molecule has 2 amide bonds. The summed E-state index contributed by atoms with van der Waals surface area (Å²) in [6.07, 6.45) is 7.62. The standard InChI is InChI=1S/C16H21N5O/c1-12-9-14(5-6-17-12)19-16(22)20(2)10-13-3-4-15-18-7-8-21(15)11-13/h5-9,13H,3-4,10-11H2,1-2H3,(H,17,19,22)/t13-/m1/s1. The number of amides is 2. The van der Waals surface area contributed by atoms with Gasteiger partial charge in [0, 0.05) is 56.5 Å². The molecule has 0 saturated heterocycles. The van der Waals surface area contributed by atoms with Crippen molar-refractivity contribution in [2.45, 2.75) is 26.3 Å². The number of hydrogen-bond donors (Lipinski definition) is 1. The molecule has 2 aromatic heterocycles. The summed E-state index contributed by atoms with van der Waals surface area (Å²) >= 11 is 0. The van der Waals surface area contributed by atoms with Crippen molar-refractivity contribution in [2.24, 2.45) is 5.92 Å². The molecule has 2 aromatic rings. The lowest BCUT2D eigenvalue weighted by atomic mass is 9.99.